The van der Waals surface area contributed by atoms with Gasteiger partial charge in [-0.3, -0.25) is 9.59 Å². The van der Waals surface area contributed by atoms with Gasteiger partial charge >= 0.3 is 5.97 Å². The van der Waals surface area contributed by atoms with Crippen molar-refractivity contribution in [3.8, 4) is 0 Å². The Balaban J connectivity index is 2.05. The van der Waals surface area contributed by atoms with E-state index in [1.54, 1.807) is 6.07 Å². The van der Waals surface area contributed by atoms with E-state index in [1.807, 2.05) is 48.5 Å². The smallest absolute Gasteiger partial charge is 0.320 e. The summed E-state index contributed by atoms with van der Waals surface area (Å²) in [7, 11) is 1.35. The summed E-state index contributed by atoms with van der Waals surface area (Å²) < 4.78 is 4.99. The van der Waals surface area contributed by atoms with Gasteiger partial charge in [0, 0.05) is 5.56 Å². The first-order chi connectivity index (χ1) is 10.7. The molecule has 3 rings (SSSR count). The minimum absolute atomic E-state index is 0.120. The van der Waals surface area contributed by atoms with E-state index in [0.717, 1.165) is 11.1 Å². The number of Topliss-reactive ketones (excluding diaryl/α,β-unsaturated/α-hetero) is 1. The first-order valence-corrected chi connectivity index (χ1v) is 7.42. The molecule has 2 aromatic rings. The number of ketones is 1. The van der Waals surface area contributed by atoms with Crippen molar-refractivity contribution in [3.05, 3.63) is 71.3 Å². The highest BCUT2D eigenvalue weighted by Gasteiger charge is 2.49. The number of rotatable bonds is 3. The van der Waals surface area contributed by atoms with Crippen LogP contribution in [0.1, 0.15) is 27.9 Å². The molecule has 3 heteroatoms. The topological polar surface area (TPSA) is 43.4 Å². The Bertz CT molecular complexity index is 706. The second-order valence-electron chi connectivity index (χ2n) is 5.72. The average Bonchev–Trinajstić information content (AvgIpc) is 2.58. The Morgan fingerprint density at radius 3 is 2.50 bits per heavy atom. The molecule has 1 aliphatic rings. The van der Waals surface area contributed by atoms with E-state index in [2.05, 4.69) is 0 Å². The molecular formula is C19H18O3. The van der Waals surface area contributed by atoms with Crippen LogP contribution in [0.3, 0.4) is 0 Å². The zero-order valence-corrected chi connectivity index (χ0v) is 12.5. The van der Waals surface area contributed by atoms with Crippen molar-refractivity contribution in [1.82, 2.24) is 0 Å². The van der Waals surface area contributed by atoms with Gasteiger partial charge in [0.2, 0.25) is 0 Å². The Hall–Kier alpha value is -2.42. The quantitative estimate of drug-likeness (QED) is 0.645. The third-order valence-corrected chi connectivity index (χ3v) is 4.44. The van der Waals surface area contributed by atoms with Crippen molar-refractivity contribution in [2.24, 2.45) is 5.41 Å². The normalized spacial score (nSPS) is 20.3. The Kier molecular flexibility index (Phi) is 3.80. The summed E-state index contributed by atoms with van der Waals surface area (Å²) in [6.45, 7) is 0. The second-order valence-corrected chi connectivity index (χ2v) is 5.72. The van der Waals surface area contributed by atoms with Crippen LogP contribution in [0.25, 0.3) is 0 Å². The number of hydrogen-bond donors (Lipinski definition) is 0. The molecule has 2 aromatic carbocycles. The summed E-state index contributed by atoms with van der Waals surface area (Å²) in [4.78, 5) is 25.5. The van der Waals surface area contributed by atoms with Gasteiger partial charge in [-0.15, -0.1) is 0 Å². The van der Waals surface area contributed by atoms with E-state index in [9.17, 15) is 9.59 Å². The fourth-order valence-corrected chi connectivity index (χ4v) is 3.25. The number of aryl methyl sites for hydroxylation is 1. The van der Waals surface area contributed by atoms with Crippen LogP contribution in [-0.4, -0.2) is 18.9 Å². The van der Waals surface area contributed by atoms with Crippen molar-refractivity contribution in [2.45, 2.75) is 19.3 Å². The lowest BCUT2D eigenvalue weighted by atomic mass is 9.67. The molecule has 1 aliphatic carbocycles. The van der Waals surface area contributed by atoms with Crippen molar-refractivity contribution in [1.29, 1.82) is 0 Å². The van der Waals surface area contributed by atoms with E-state index in [1.165, 1.54) is 7.11 Å². The highest BCUT2D eigenvalue weighted by Crippen LogP contribution is 2.39. The maximum absolute atomic E-state index is 13.0. The van der Waals surface area contributed by atoms with Crippen LogP contribution in [0.15, 0.2) is 54.6 Å². The molecule has 0 amide bonds. The molecule has 0 heterocycles. The fourth-order valence-electron chi connectivity index (χ4n) is 3.25. The number of carbonyl (C=O) groups is 2. The summed E-state index contributed by atoms with van der Waals surface area (Å²) in [5.74, 6) is -0.555. The standard InChI is InChI=1S/C19H18O3/c1-22-18(21)19(13-14-7-3-2-4-8-14)12-11-15-9-5-6-10-16(15)17(19)20/h2-10H,11-13H2,1H3/t19-/m0/s1. The zero-order valence-electron chi connectivity index (χ0n) is 12.5. The van der Waals surface area contributed by atoms with Crippen LogP contribution in [0.4, 0.5) is 0 Å². The lowest BCUT2D eigenvalue weighted by Gasteiger charge is -2.34. The lowest BCUT2D eigenvalue weighted by molar-refractivity contribution is -0.150. The maximum atomic E-state index is 13.0. The number of benzene rings is 2. The number of hydrogen-bond acceptors (Lipinski definition) is 3. The number of fused-ring (bicyclic) bond motifs is 1. The molecule has 0 unspecified atom stereocenters. The van der Waals surface area contributed by atoms with Gasteiger partial charge < -0.3 is 4.74 Å². The summed E-state index contributed by atoms with van der Waals surface area (Å²) >= 11 is 0. The predicted octanol–water partition coefficient (Wildman–Crippen LogP) is 3.22. The minimum atomic E-state index is -1.11. The molecule has 0 spiro atoms. The summed E-state index contributed by atoms with van der Waals surface area (Å²) in [5.41, 5.74) is 1.53. The molecular weight excluding hydrogens is 276 g/mol. The third-order valence-electron chi connectivity index (χ3n) is 4.44. The van der Waals surface area contributed by atoms with Gasteiger partial charge in [0.25, 0.3) is 0 Å². The van der Waals surface area contributed by atoms with E-state index in [4.69, 9.17) is 4.74 Å². The second kappa shape index (κ2) is 5.76. The first-order valence-electron chi connectivity index (χ1n) is 7.42. The molecule has 0 aromatic heterocycles. The van der Waals surface area contributed by atoms with Crippen molar-refractivity contribution in [3.63, 3.8) is 0 Å². The zero-order chi connectivity index (χ0) is 15.6. The number of ether oxygens (including phenoxy) is 1. The van der Waals surface area contributed by atoms with E-state index < -0.39 is 11.4 Å². The van der Waals surface area contributed by atoms with Gasteiger partial charge in [-0.1, -0.05) is 54.6 Å². The number of esters is 1. The molecule has 22 heavy (non-hydrogen) atoms. The van der Waals surface area contributed by atoms with Gasteiger partial charge in [0.15, 0.2) is 5.78 Å². The van der Waals surface area contributed by atoms with Crippen LogP contribution in [0, 0.1) is 5.41 Å². The van der Waals surface area contributed by atoms with E-state index in [-0.39, 0.29) is 5.78 Å². The van der Waals surface area contributed by atoms with Gasteiger partial charge in [0.1, 0.15) is 5.41 Å². The SMILES string of the molecule is COC(=O)[C@]1(Cc2ccccc2)CCc2ccccc2C1=O. The van der Waals surface area contributed by atoms with Gasteiger partial charge in [-0.05, 0) is 30.4 Å². The molecule has 0 saturated carbocycles. The highest BCUT2D eigenvalue weighted by atomic mass is 16.5. The molecule has 0 N–H and O–H groups in total. The van der Waals surface area contributed by atoms with Crippen molar-refractivity contribution in [2.75, 3.05) is 7.11 Å². The number of methoxy groups -OCH3 is 1. The lowest BCUT2D eigenvalue weighted by Crippen LogP contribution is -2.45. The molecule has 0 radical (unpaired) electrons. The van der Waals surface area contributed by atoms with Crippen LogP contribution >= 0.6 is 0 Å². The minimum Gasteiger partial charge on any atom is -0.468 e. The highest BCUT2D eigenvalue weighted by molar-refractivity contribution is 6.14. The van der Waals surface area contributed by atoms with Crippen LogP contribution in [0.2, 0.25) is 0 Å². The molecule has 112 valence electrons. The molecule has 0 aliphatic heterocycles. The summed E-state index contributed by atoms with van der Waals surface area (Å²) in [6.07, 6.45) is 1.59. The monoisotopic (exact) mass is 294 g/mol. The molecule has 0 bridgehead atoms. The molecule has 0 saturated heterocycles. The first kappa shape index (κ1) is 14.5. The molecule has 3 nitrogen and oxygen atoms in total. The van der Waals surface area contributed by atoms with Crippen LogP contribution in [0.5, 0.6) is 0 Å². The fraction of sp³-hybridized carbons (Fsp3) is 0.263. The third kappa shape index (κ3) is 2.33. The predicted molar refractivity (Wildman–Crippen MR) is 83.7 cm³/mol. The van der Waals surface area contributed by atoms with Gasteiger partial charge in [-0.2, -0.15) is 0 Å². The van der Waals surface area contributed by atoms with E-state index >= 15 is 0 Å². The largest absolute Gasteiger partial charge is 0.468 e. The average molecular weight is 294 g/mol. The number of carbonyl (C=O) groups excluding carboxylic acids is 2. The summed E-state index contributed by atoms with van der Waals surface area (Å²) in [6, 6.07) is 17.2. The molecule has 0 fully saturated rings. The Labute approximate surface area is 129 Å². The maximum Gasteiger partial charge on any atom is 0.320 e. The van der Waals surface area contributed by atoms with Crippen LogP contribution in [-0.2, 0) is 22.4 Å². The van der Waals surface area contributed by atoms with Crippen molar-refractivity contribution >= 4 is 11.8 Å². The van der Waals surface area contributed by atoms with E-state index in [0.29, 0.717) is 24.8 Å². The van der Waals surface area contributed by atoms with Gasteiger partial charge in [-0.25, -0.2) is 0 Å². The summed E-state index contributed by atoms with van der Waals surface area (Å²) in [5, 5.41) is 0. The van der Waals surface area contributed by atoms with Crippen molar-refractivity contribution < 1.29 is 14.3 Å². The van der Waals surface area contributed by atoms with Gasteiger partial charge in [0.05, 0.1) is 7.11 Å². The van der Waals surface area contributed by atoms with Crippen LogP contribution < -0.4 is 0 Å². The molecule has 1 atom stereocenters. The Morgan fingerprint density at radius 2 is 1.77 bits per heavy atom. The Morgan fingerprint density at radius 1 is 1.09 bits per heavy atom.